The maximum Gasteiger partial charge on any atom is 0.286 e. The quantitative estimate of drug-likeness (QED) is 0.527. The maximum absolute atomic E-state index is 12.8. The number of benzene rings is 1. The van der Waals surface area contributed by atoms with Crippen LogP contribution in [0.25, 0.3) is 0 Å². The van der Waals surface area contributed by atoms with Crippen LogP contribution in [-0.4, -0.2) is 61.0 Å². The van der Waals surface area contributed by atoms with Gasteiger partial charge in [-0.3, -0.25) is 9.59 Å². The molecule has 170 valence electrons. The molecule has 2 heterocycles. The van der Waals surface area contributed by atoms with E-state index in [-0.39, 0.29) is 36.0 Å². The van der Waals surface area contributed by atoms with E-state index in [9.17, 15) is 14.7 Å². The van der Waals surface area contributed by atoms with Crippen LogP contribution in [0.15, 0.2) is 42.2 Å². The predicted molar refractivity (Wildman–Crippen MR) is 117 cm³/mol. The van der Waals surface area contributed by atoms with Gasteiger partial charge in [0.1, 0.15) is 0 Å². The number of allylic oxidation sites excluding steroid dienone is 1. The van der Waals surface area contributed by atoms with Crippen molar-refractivity contribution in [2.24, 2.45) is 5.92 Å². The number of aliphatic hydroxyl groups is 1. The molecule has 0 bridgehead atoms. The molecule has 7 nitrogen and oxygen atoms in total. The highest BCUT2D eigenvalue weighted by molar-refractivity contribution is 5.91. The van der Waals surface area contributed by atoms with E-state index in [1.165, 1.54) is 0 Å². The normalized spacial score (nSPS) is 23.4. The number of aliphatic hydroxyl groups excluding tert-OH is 1. The predicted octanol–water partition coefficient (Wildman–Crippen LogP) is 2.56. The van der Waals surface area contributed by atoms with Crippen LogP contribution in [0, 0.1) is 5.92 Å². The summed E-state index contributed by atoms with van der Waals surface area (Å²) in [6, 6.07) is 10.0. The van der Waals surface area contributed by atoms with E-state index >= 15 is 0 Å². The van der Waals surface area contributed by atoms with Crippen molar-refractivity contribution in [3.63, 3.8) is 0 Å². The second-order valence-corrected chi connectivity index (χ2v) is 8.03. The number of likely N-dealkylation sites (tertiary alicyclic amines) is 1. The Labute approximate surface area is 184 Å². The molecule has 1 aromatic carbocycles. The van der Waals surface area contributed by atoms with Crippen LogP contribution >= 0.6 is 0 Å². The summed E-state index contributed by atoms with van der Waals surface area (Å²) in [4.78, 5) is 26.4. The number of rotatable bonds is 11. The first kappa shape index (κ1) is 23.3. The van der Waals surface area contributed by atoms with Crippen molar-refractivity contribution in [2.45, 2.75) is 51.2 Å². The van der Waals surface area contributed by atoms with Crippen molar-refractivity contribution in [2.75, 3.05) is 32.8 Å². The first-order valence-electron chi connectivity index (χ1n) is 11.4. The van der Waals surface area contributed by atoms with E-state index in [1.54, 1.807) is 0 Å². The Balaban J connectivity index is 1.67. The zero-order chi connectivity index (χ0) is 22.1. The van der Waals surface area contributed by atoms with Crippen LogP contribution in [0.3, 0.4) is 0 Å². The van der Waals surface area contributed by atoms with Gasteiger partial charge in [0.15, 0.2) is 5.76 Å². The number of hydrogen-bond acceptors (Lipinski definition) is 5. The van der Waals surface area contributed by atoms with Gasteiger partial charge in [0.05, 0.1) is 0 Å². The SMILES string of the molecule is CCOC1OC(C(=O)NCCCN2CCCC2=O)=CC(c2ccccc2)C1CCCO. The highest BCUT2D eigenvalue weighted by atomic mass is 16.7. The molecule has 0 saturated carbocycles. The standard InChI is InChI=1S/C24H34N2O5/c1-2-30-24-19(11-7-16-27)20(18-9-4-3-5-10-18)17-21(31-24)23(29)25-13-8-15-26-14-6-12-22(26)28/h3-5,9-10,17,19-20,24,27H,2,6-8,11-16H2,1H3,(H,25,29). The fourth-order valence-electron chi connectivity index (χ4n) is 4.32. The molecular formula is C24H34N2O5. The lowest BCUT2D eigenvalue weighted by Crippen LogP contribution is -2.39. The second kappa shape index (κ2) is 11.9. The van der Waals surface area contributed by atoms with Crippen molar-refractivity contribution < 1.29 is 24.2 Å². The van der Waals surface area contributed by atoms with Gasteiger partial charge in [0, 0.05) is 51.1 Å². The summed E-state index contributed by atoms with van der Waals surface area (Å²) in [6.07, 6.45) is 4.97. The summed E-state index contributed by atoms with van der Waals surface area (Å²) < 4.78 is 11.8. The molecule has 0 radical (unpaired) electrons. The minimum Gasteiger partial charge on any atom is -0.459 e. The lowest BCUT2D eigenvalue weighted by Gasteiger charge is -2.37. The monoisotopic (exact) mass is 430 g/mol. The molecule has 31 heavy (non-hydrogen) atoms. The van der Waals surface area contributed by atoms with Crippen molar-refractivity contribution in [1.82, 2.24) is 10.2 Å². The smallest absolute Gasteiger partial charge is 0.286 e. The average Bonchev–Trinajstić information content (AvgIpc) is 3.20. The third-order valence-corrected chi connectivity index (χ3v) is 5.88. The number of ether oxygens (including phenoxy) is 2. The fourth-order valence-corrected chi connectivity index (χ4v) is 4.32. The number of carbonyl (C=O) groups is 2. The molecule has 3 rings (SSSR count). The summed E-state index contributed by atoms with van der Waals surface area (Å²) in [5, 5.41) is 12.3. The van der Waals surface area contributed by atoms with Gasteiger partial charge in [-0.05, 0) is 44.2 Å². The molecule has 1 fully saturated rings. The van der Waals surface area contributed by atoms with E-state index in [1.807, 2.05) is 48.2 Å². The highest BCUT2D eigenvalue weighted by Crippen LogP contribution is 2.39. The third-order valence-electron chi connectivity index (χ3n) is 5.88. The summed E-state index contributed by atoms with van der Waals surface area (Å²) in [7, 11) is 0. The van der Waals surface area contributed by atoms with Crippen molar-refractivity contribution >= 4 is 11.8 Å². The van der Waals surface area contributed by atoms with E-state index in [0.29, 0.717) is 39.0 Å². The molecule has 3 unspecified atom stereocenters. The topological polar surface area (TPSA) is 88.1 Å². The van der Waals surface area contributed by atoms with Gasteiger partial charge in [-0.15, -0.1) is 0 Å². The van der Waals surface area contributed by atoms with Gasteiger partial charge in [0.2, 0.25) is 12.2 Å². The van der Waals surface area contributed by atoms with Crippen molar-refractivity contribution in [3.8, 4) is 0 Å². The van der Waals surface area contributed by atoms with E-state index in [4.69, 9.17) is 9.47 Å². The Morgan fingerprint density at radius 1 is 1.29 bits per heavy atom. The number of nitrogens with zero attached hydrogens (tertiary/aromatic N) is 1. The molecule has 7 heteroatoms. The molecular weight excluding hydrogens is 396 g/mol. The Morgan fingerprint density at radius 2 is 2.10 bits per heavy atom. The zero-order valence-corrected chi connectivity index (χ0v) is 18.3. The van der Waals surface area contributed by atoms with Gasteiger partial charge in [-0.2, -0.15) is 0 Å². The number of carbonyl (C=O) groups excluding carboxylic acids is 2. The minimum atomic E-state index is -0.547. The summed E-state index contributed by atoms with van der Waals surface area (Å²) >= 11 is 0. The maximum atomic E-state index is 12.8. The van der Waals surface area contributed by atoms with Gasteiger partial charge >= 0.3 is 0 Å². The van der Waals surface area contributed by atoms with Crippen LogP contribution in [-0.2, 0) is 19.1 Å². The second-order valence-electron chi connectivity index (χ2n) is 8.03. The molecule has 0 aromatic heterocycles. The summed E-state index contributed by atoms with van der Waals surface area (Å²) in [5.41, 5.74) is 1.09. The van der Waals surface area contributed by atoms with Crippen molar-refractivity contribution in [3.05, 3.63) is 47.7 Å². The summed E-state index contributed by atoms with van der Waals surface area (Å²) in [5.74, 6) is 0.167. The first-order valence-corrected chi connectivity index (χ1v) is 11.4. The van der Waals surface area contributed by atoms with Crippen molar-refractivity contribution in [1.29, 1.82) is 0 Å². The van der Waals surface area contributed by atoms with Crippen LogP contribution in [0.2, 0.25) is 0 Å². The van der Waals surface area contributed by atoms with Crippen LogP contribution in [0.1, 0.15) is 50.5 Å². The van der Waals surface area contributed by atoms with Crippen LogP contribution < -0.4 is 5.32 Å². The molecule has 2 aliphatic heterocycles. The fraction of sp³-hybridized carbons (Fsp3) is 0.583. The Bertz CT molecular complexity index is 752. The van der Waals surface area contributed by atoms with Crippen LogP contribution in [0.5, 0.6) is 0 Å². The largest absolute Gasteiger partial charge is 0.459 e. The summed E-state index contributed by atoms with van der Waals surface area (Å²) in [6.45, 7) is 4.43. The Hall–Kier alpha value is -2.38. The van der Waals surface area contributed by atoms with Gasteiger partial charge in [0.25, 0.3) is 5.91 Å². The Kier molecular flexibility index (Phi) is 8.91. The van der Waals surface area contributed by atoms with Gasteiger partial charge < -0.3 is 24.8 Å². The minimum absolute atomic E-state index is 0.00669. The molecule has 0 spiro atoms. The molecule has 2 aliphatic rings. The lowest BCUT2D eigenvalue weighted by molar-refractivity contribution is -0.166. The lowest BCUT2D eigenvalue weighted by atomic mass is 9.80. The number of hydrogen-bond donors (Lipinski definition) is 2. The molecule has 0 aliphatic carbocycles. The molecule has 2 amide bonds. The molecule has 3 atom stereocenters. The van der Waals surface area contributed by atoms with Gasteiger partial charge in [-0.25, -0.2) is 0 Å². The molecule has 1 aromatic rings. The number of amides is 2. The zero-order valence-electron chi connectivity index (χ0n) is 18.3. The Morgan fingerprint density at radius 3 is 2.77 bits per heavy atom. The van der Waals surface area contributed by atoms with E-state index in [2.05, 4.69) is 5.32 Å². The average molecular weight is 431 g/mol. The van der Waals surface area contributed by atoms with Crippen LogP contribution in [0.4, 0.5) is 0 Å². The highest BCUT2D eigenvalue weighted by Gasteiger charge is 2.37. The first-order chi connectivity index (χ1) is 15.1. The number of nitrogens with one attached hydrogen (secondary N) is 1. The molecule has 1 saturated heterocycles. The van der Waals surface area contributed by atoms with E-state index in [0.717, 1.165) is 24.9 Å². The van der Waals surface area contributed by atoms with E-state index < -0.39 is 6.29 Å². The molecule has 2 N–H and O–H groups in total. The van der Waals surface area contributed by atoms with Gasteiger partial charge in [-0.1, -0.05) is 30.3 Å². The third kappa shape index (κ3) is 6.31.